The molecule has 0 unspecified atom stereocenters. The van der Waals surface area contributed by atoms with E-state index in [1.54, 1.807) is 0 Å². The van der Waals surface area contributed by atoms with E-state index in [1.165, 1.54) is 0 Å². The zero-order chi connectivity index (χ0) is 12.6. The number of hydrogen-bond acceptors (Lipinski definition) is 2. The van der Waals surface area contributed by atoms with Crippen LogP contribution >= 0.6 is 0 Å². The molecule has 0 fully saturated rings. The van der Waals surface area contributed by atoms with E-state index in [0.717, 1.165) is 32.0 Å². The maximum absolute atomic E-state index is 4.60. The van der Waals surface area contributed by atoms with Gasteiger partial charge in [0.05, 0.1) is 6.54 Å². The van der Waals surface area contributed by atoms with E-state index in [0.29, 0.717) is 0 Å². The highest BCUT2D eigenvalue weighted by atomic mass is 15.2. The summed E-state index contributed by atoms with van der Waals surface area (Å²) in [6.45, 7) is 11.3. The molecule has 0 rings (SSSR count). The van der Waals surface area contributed by atoms with Crippen molar-refractivity contribution >= 4 is 5.96 Å². The maximum Gasteiger partial charge on any atom is 0.191 e. The first kappa shape index (κ1) is 15.2. The summed E-state index contributed by atoms with van der Waals surface area (Å²) in [6, 6.07) is 0. The Morgan fingerprint density at radius 1 is 1.19 bits per heavy atom. The topological polar surface area (TPSA) is 39.7 Å². The third kappa shape index (κ3) is 5.95. The summed E-state index contributed by atoms with van der Waals surface area (Å²) in [5.41, 5.74) is 0.0918. The highest BCUT2D eigenvalue weighted by Crippen LogP contribution is 2.09. The summed E-state index contributed by atoms with van der Waals surface area (Å²) in [7, 11) is 4.17. The Bertz CT molecular complexity index is 209. The Labute approximate surface area is 101 Å². The summed E-state index contributed by atoms with van der Waals surface area (Å²) < 4.78 is 0. The first-order valence-corrected chi connectivity index (χ1v) is 6.13. The third-order valence-electron chi connectivity index (χ3n) is 2.72. The molecule has 0 aromatic rings. The Kier molecular flexibility index (Phi) is 7.13. The fourth-order valence-electron chi connectivity index (χ4n) is 0.999. The lowest BCUT2D eigenvalue weighted by atomic mass is 10.1. The van der Waals surface area contributed by atoms with Gasteiger partial charge in [0, 0.05) is 18.6 Å². The van der Waals surface area contributed by atoms with E-state index < -0.39 is 0 Å². The van der Waals surface area contributed by atoms with Crippen LogP contribution in [0.15, 0.2) is 4.99 Å². The third-order valence-corrected chi connectivity index (χ3v) is 2.72. The van der Waals surface area contributed by atoms with Crippen molar-refractivity contribution in [3.8, 4) is 0 Å². The average Bonchev–Trinajstić information content (AvgIpc) is 2.22. The standard InChI is InChI=1S/C12H28N4/c1-7-9-14-11(13-8-2)15-10-12(3,4)16(5)6/h7-10H2,1-6H3,(H2,13,14,15). The van der Waals surface area contributed by atoms with E-state index in [9.17, 15) is 0 Å². The van der Waals surface area contributed by atoms with E-state index in [4.69, 9.17) is 0 Å². The number of aliphatic imine (C=N–C) groups is 1. The van der Waals surface area contributed by atoms with Crippen LogP contribution in [-0.2, 0) is 0 Å². The number of likely N-dealkylation sites (N-methyl/N-ethyl adjacent to an activating group) is 1. The summed E-state index contributed by atoms with van der Waals surface area (Å²) in [5.74, 6) is 0.916. The highest BCUT2D eigenvalue weighted by molar-refractivity contribution is 5.79. The minimum Gasteiger partial charge on any atom is -0.357 e. The van der Waals surface area contributed by atoms with Crippen LogP contribution in [0.1, 0.15) is 34.1 Å². The lowest BCUT2D eigenvalue weighted by Crippen LogP contribution is -2.43. The number of guanidine groups is 1. The van der Waals surface area contributed by atoms with Gasteiger partial charge >= 0.3 is 0 Å². The molecule has 0 aromatic heterocycles. The maximum atomic E-state index is 4.60. The number of nitrogens with one attached hydrogen (secondary N) is 2. The van der Waals surface area contributed by atoms with Crippen LogP contribution in [0.25, 0.3) is 0 Å². The van der Waals surface area contributed by atoms with Crippen LogP contribution in [0, 0.1) is 0 Å². The van der Waals surface area contributed by atoms with Crippen LogP contribution in [-0.4, -0.2) is 50.1 Å². The molecule has 0 bridgehead atoms. The van der Waals surface area contributed by atoms with Crippen LogP contribution in [0.3, 0.4) is 0 Å². The summed E-state index contributed by atoms with van der Waals surface area (Å²) in [4.78, 5) is 6.79. The molecule has 0 atom stereocenters. The molecule has 0 saturated heterocycles. The van der Waals surface area contributed by atoms with Gasteiger partial charge in [0.15, 0.2) is 5.96 Å². The predicted octanol–water partition coefficient (Wildman–Crippen LogP) is 1.29. The molecule has 0 amide bonds. The molecule has 16 heavy (non-hydrogen) atoms. The summed E-state index contributed by atoms with van der Waals surface area (Å²) >= 11 is 0. The van der Waals surface area contributed by atoms with Crippen molar-refractivity contribution < 1.29 is 0 Å². The number of nitrogens with zero attached hydrogens (tertiary/aromatic N) is 2. The quantitative estimate of drug-likeness (QED) is 0.531. The van der Waals surface area contributed by atoms with Crippen molar-refractivity contribution in [2.75, 3.05) is 33.7 Å². The van der Waals surface area contributed by atoms with Crippen LogP contribution < -0.4 is 10.6 Å². The number of rotatable bonds is 6. The SMILES string of the molecule is CCCNC(=NCC(C)(C)N(C)C)NCC. The van der Waals surface area contributed by atoms with Gasteiger partial charge < -0.3 is 15.5 Å². The second-order valence-corrected chi connectivity index (χ2v) is 4.83. The van der Waals surface area contributed by atoms with E-state index in [1.807, 2.05) is 0 Å². The molecule has 2 N–H and O–H groups in total. The summed E-state index contributed by atoms with van der Waals surface area (Å²) in [6.07, 6.45) is 1.11. The molecule has 0 heterocycles. The Morgan fingerprint density at radius 3 is 2.25 bits per heavy atom. The highest BCUT2D eigenvalue weighted by Gasteiger charge is 2.19. The lowest BCUT2D eigenvalue weighted by Gasteiger charge is -2.31. The van der Waals surface area contributed by atoms with Gasteiger partial charge in [-0.1, -0.05) is 6.92 Å². The van der Waals surface area contributed by atoms with E-state index in [2.05, 4.69) is 62.3 Å². The largest absolute Gasteiger partial charge is 0.357 e. The molecule has 0 radical (unpaired) electrons. The molecule has 0 aliphatic rings. The van der Waals surface area contributed by atoms with Gasteiger partial charge in [-0.25, -0.2) is 0 Å². The van der Waals surface area contributed by atoms with Gasteiger partial charge in [-0.3, -0.25) is 4.99 Å². The van der Waals surface area contributed by atoms with Crippen molar-refractivity contribution in [3.63, 3.8) is 0 Å². The van der Waals surface area contributed by atoms with Crippen molar-refractivity contribution in [2.24, 2.45) is 4.99 Å². The van der Waals surface area contributed by atoms with Gasteiger partial charge in [-0.2, -0.15) is 0 Å². The zero-order valence-electron chi connectivity index (χ0n) is 11.7. The van der Waals surface area contributed by atoms with Gasteiger partial charge in [0.2, 0.25) is 0 Å². The minimum absolute atomic E-state index is 0.0918. The van der Waals surface area contributed by atoms with Crippen LogP contribution in [0.2, 0.25) is 0 Å². The molecule has 4 heteroatoms. The predicted molar refractivity (Wildman–Crippen MR) is 72.0 cm³/mol. The molecule has 0 aliphatic carbocycles. The molecular formula is C12H28N4. The van der Waals surface area contributed by atoms with Crippen molar-refractivity contribution in [3.05, 3.63) is 0 Å². The van der Waals surface area contributed by atoms with Crippen molar-refractivity contribution in [1.29, 1.82) is 0 Å². The van der Waals surface area contributed by atoms with Gasteiger partial charge in [0.25, 0.3) is 0 Å². The molecule has 0 saturated carbocycles. The smallest absolute Gasteiger partial charge is 0.191 e. The second kappa shape index (κ2) is 7.49. The van der Waals surface area contributed by atoms with Crippen molar-refractivity contribution in [1.82, 2.24) is 15.5 Å². The fourth-order valence-corrected chi connectivity index (χ4v) is 0.999. The fraction of sp³-hybridized carbons (Fsp3) is 0.917. The molecule has 4 nitrogen and oxygen atoms in total. The molecule has 0 aliphatic heterocycles. The monoisotopic (exact) mass is 228 g/mol. The van der Waals surface area contributed by atoms with Crippen LogP contribution in [0.4, 0.5) is 0 Å². The summed E-state index contributed by atoms with van der Waals surface area (Å²) in [5, 5.41) is 6.55. The van der Waals surface area contributed by atoms with Gasteiger partial charge in [-0.15, -0.1) is 0 Å². The number of hydrogen-bond donors (Lipinski definition) is 2. The molecule has 0 aromatic carbocycles. The van der Waals surface area contributed by atoms with Gasteiger partial charge in [-0.05, 0) is 41.3 Å². The zero-order valence-corrected chi connectivity index (χ0v) is 11.7. The van der Waals surface area contributed by atoms with Crippen LogP contribution in [0.5, 0.6) is 0 Å². The first-order chi connectivity index (χ1) is 7.44. The lowest BCUT2D eigenvalue weighted by molar-refractivity contribution is 0.204. The molecule has 0 spiro atoms. The second-order valence-electron chi connectivity index (χ2n) is 4.83. The Hall–Kier alpha value is -0.770. The van der Waals surface area contributed by atoms with E-state index in [-0.39, 0.29) is 5.54 Å². The average molecular weight is 228 g/mol. The Balaban J connectivity index is 4.31. The van der Waals surface area contributed by atoms with Crippen molar-refractivity contribution in [2.45, 2.75) is 39.7 Å². The normalized spacial score (nSPS) is 13.1. The van der Waals surface area contributed by atoms with E-state index >= 15 is 0 Å². The first-order valence-electron chi connectivity index (χ1n) is 6.13. The minimum atomic E-state index is 0.0918. The van der Waals surface area contributed by atoms with Gasteiger partial charge in [0.1, 0.15) is 0 Å². The molecule has 96 valence electrons. The molecular weight excluding hydrogens is 200 g/mol. The Morgan fingerprint density at radius 2 is 1.81 bits per heavy atom.